The Bertz CT molecular complexity index is 1960. The van der Waals surface area contributed by atoms with Crippen molar-refractivity contribution < 1.29 is 58.6 Å². The molecule has 2 saturated heterocycles. The van der Waals surface area contributed by atoms with Gasteiger partial charge in [-0.1, -0.05) is 21.9 Å². The Morgan fingerprint density at radius 2 is 1.89 bits per heavy atom. The van der Waals surface area contributed by atoms with E-state index in [9.17, 15) is 44.4 Å². The Morgan fingerprint density at radius 1 is 1.19 bits per heavy atom. The standard InChI is InChI=1S/C33H38ClN7O11S2/c1-33(2,31(49)50)52-39-24(19-15-54-32(35)37-19)21(43)12-18-28(46)40-25(30(47)48)16(14-53-29(18)40)13-41(9-4-5-10-41)11-8-36-27(45)23(38-51-3)17-6-7-20(42)26(44)22(17)34/h6-7,15,18,29H,4-5,8-14H2,1-3H3,(H6-,35,36,37,38,39,42,43,44,45,47,48,49,50)/t18-,29-/m1/s1. The summed E-state index contributed by atoms with van der Waals surface area (Å²) in [6.07, 6.45) is 1.33. The van der Waals surface area contributed by atoms with Gasteiger partial charge in [-0.2, -0.15) is 0 Å². The van der Waals surface area contributed by atoms with Crippen LogP contribution >= 0.6 is 34.7 Å². The van der Waals surface area contributed by atoms with Crippen LogP contribution in [-0.2, 0) is 33.6 Å². The first-order chi connectivity index (χ1) is 25.5. The van der Waals surface area contributed by atoms with Crippen LogP contribution in [0.1, 0.15) is 44.4 Å². The molecule has 290 valence electrons. The Kier molecular flexibility index (Phi) is 12.1. The van der Waals surface area contributed by atoms with Gasteiger partial charge in [0.05, 0.1) is 54.2 Å². The number of Topliss-reactive ketones (excluding diaryl/α,β-unsaturated/α-hetero) is 1. The van der Waals surface area contributed by atoms with E-state index in [-0.39, 0.29) is 63.8 Å². The Labute approximate surface area is 321 Å². The molecule has 2 atom stereocenters. The third-order valence-electron chi connectivity index (χ3n) is 9.33. The van der Waals surface area contributed by atoms with Crippen LogP contribution in [0.4, 0.5) is 5.13 Å². The molecule has 5 rings (SSSR count). The average Bonchev–Trinajstić information content (AvgIpc) is 3.77. The van der Waals surface area contributed by atoms with Crippen LogP contribution in [0.2, 0.25) is 5.02 Å². The maximum Gasteiger partial charge on any atom is 0.350 e. The molecule has 1 aromatic carbocycles. The summed E-state index contributed by atoms with van der Waals surface area (Å²) < 4.78 is 0.419. The van der Waals surface area contributed by atoms with Crippen LogP contribution in [0.5, 0.6) is 11.5 Å². The van der Waals surface area contributed by atoms with Crippen molar-refractivity contribution >= 4 is 80.8 Å². The van der Waals surface area contributed by atoms with E-state index in [0.29, 0.717) is 29.7 Å². The number of anilines is 1. The number of thioether (sulfide) groups is 1. The Morgan fingerprint density at radius 3 is 2.50 bits per heavy atom. The molecule has 0 saturated carbocycles. The summed E-state index contributed by atoms with van der Waals surface area (Å²) >= 11 is 8.50. The zero-order valence-corrected chi connectivity index (χ0v) is 31.8. The molecule has 2 amide bonds. The summed E-state index contributed by atoms with van der Waals surface area (Å²) in [5.41, 5.74) is 3.72. The molecule has 0 radical (unpaired) electrons. The predicted octanol–water partition coefficient (Wildman–Crippen LogP) is 0.646. The number of hydrogen-bond acceptors (Lipinski definition) is 16. The number of amides is 2. The van der Waals surface area contributed by atoms with E-state index in [1.54, 1.807) is 0 Å². The third-order valence-corrected chi connectivity index (χ3v) is 11.8. The van der Waals surface area contributed by atoms with E-state index >= 15 is 0 Å². The highest BCUT2D eigenvalue weighted by Gasteiger charge is 2.53. The first-order valence-corrected chi connectivity index (χ1v) is 18.9. The summed E-state index contributed by atoms with van der Waals surface area (Å²) in [5, 5.41) is 52.8. The van der Waals surface area contributed by atoms with Crippen LogP contribution < -0.4 is 16.2 Å². The van der Waals surface area contributed by atoms with Gasteiger partial charge in [0.15, 0.2) is 33.8 Å². The van der Waals surface area contributed by atoms with Gasteiger partial charge >= 0.3 is 5.97 Å². The van der Waals surface area contributed by atoms with Crippen molar-refractivity contribution in [3.8, 4) is 11.5 Å². The average molecular weight is 808 g/mol. The zero-order valence-electron chi connectivity index (χ0n) is 29.4. The normalized spacial score (nSPS) is 19.9. The SMILES string of the molecule is CO/N=C(\C(=O)NCC[N+]1(CC2=C(C(=O)[O-])N3C(=O)[C@@H](CC(=O)/C(=N\OC(C)(C)C(=O)O)c4csc(N)n4)[C@H]3SC2)CCCC1)c1ccc(O)c(O)c1Cl. The number of nitrogen functional groups attached to an aromatic ring is 1. The number of nitrogens with two attached hydrogens (primary N) is 1. The fourth-order valence-corrected chi connectivity index (χ4v) is 8.66. The van der Waals surface area contributed by atoms with Crippen LogP contribution in [0.3, 0.4) is 0 Å². The number of halogens is 1. The number of ketones is 1. The summed E-state index contributed by atoms with van der Waals surface area (Å²) in [5.74, 6) is -6.56. The topological polar surface area (TPSA) is 266 Å². The zero-order chi connectivity index (χ0) is 39.5. The lowest BCUT2D eigenvalue weighted by molar-refractivity contribution is -0.911. The summed E-state index contributed by atoms with van der Waals surface area (Å²) in [4.78, 5) is 79.7. The minimum atomic E-state index is -1.78. The number of aromatic hydroxyl groups is 2. The van der Waals surface area contributed by atoms with Gasteiger partial charge in [-0.05, 0) is 26.0 Å². The molecule has 4 heterocycles. The molecule has 6 N–H and O–H groups in total. The van der Waals surface area contributed by atoms with Crippen LogP contribution in [0, 0.1) is 5.92 Å². The second-order valence-corrected chi connectivity index (χ2v) is 15.7. The minimum Gasteiger partial charge on any atom is -0.543 e. The van der Waals surface area contributed by atoms with E-state index in [4.69, 9.17) is 27.0 Å². The molecule has 18 nitrogen and oxygen atoms in total. The highest BCUT2D eigenvalue weighted by molar-refractivity contribution is 8.00. The number of aliphatic carboxylic acids is 2. The number of benzene rings is 1. The number of carbonyl (C=O) groups is 5. The molecule has 21 heteroatoms. The lowest BCUT2D eigenvalue weighted by Gasteiger charge is -2.51. The number of rotatable bonds is 16. The number of β-lactam (4-membered cyclic amide) rings is 1. The summed E-state index contributed by atoms with van der Waals surface area (Å²) in [6, 6.07) is 2.47. The maximum absolute atomic E-state index is 13.6. The molecular formula is C33H38ClN7O11S2. The molecule has 0 bridgehead atoms. The van der Waals surface area contributed by atoms with Crippen LogP contribution in [0.15, 0.2) is 39.1 Å². The summed E-state index contributed by atoms with van der Waals surface area (Å²) in [7, 11) is 1.23. The van der Waals surface area contributed by atoms with Gasteiger partial charge in [0.1, 0.15) is 19.3 Å². The van der Waals surface area contributed by atoms with Crippen LogP contribution in [-0.4, -0.2) is 127 Å². The number of phenols is 2. The second-order valence-electron chi connectivity index (χ2n) is 13.4. The molecule has 0 spiro atoms. The number of hydrogen-bond donors (Lipinski definition) is 5. The number of nitrogens with one attached hydrogen (secondary N) is 1. The molecular weight excluding hydrogens is 770 g/mol. The number of thiazole rings is 1. The van der Waals surface area contributed by atoms with Gasteiger partial charge in [-0.15, -0.1) is 23.1 Å². The molecule has 3 aliphatic heterocycles. The molecule has 1 aromatic heterocycles. The van der Waals surface area contributed by atoms with E-state index in [1.165, 1.54) is 44.2 Å². The van der Waals surface area contributed by atoms with Crippen molar-refractivity contribution in [3.05, 3.63) is 45.1 Å². The largest absolute Gasteiger partial charge is 0.543 e. The van der Waals surface area contributed by atoms with Crippen molar-refractivity contribution in [1.29, 1.82) is 0 Å². The molecule has 2 fully saturated rings. The van der Waals surface area contributed by atoms with Crippen molar-refractivity contribution in [2.24, 2.45) is 16.2 Å². The number of oxime groups is 2. The highest BCUT2D eigenvalue weighted by atomic mass is 35.5. The fraction of sp³-hybridized carbons (Fsp3) is 0.455. The Balaban J connectivity index is 1.30. The first-order valence-electron chi connectivity index (χ1n) is 16.6. The number of quaternary nitrogens is 1. The quantitative estimate of drug-likeness (QED) is 0.0513. The van der Waals surface area contributed by atoms with Gasteiger partial charge in [0, 0.05) is 41.5 Å². The first kappa shape index (κ1) is 40.3. The molecule has 54 heavy (non-hydrogen) atoms. The van der Waals surface area contributed by atoms with E-state index in [1.807, 2.05) is 0 Å². The lowest BCUT2D eigenvalue weighted by atomic mass is 9.89. The Hall–Kier alpha value is -4.92. The number of carboxylic acid groups (broad SMARTS) is 2. The summed E-state index contributed by atoms with van der Waals surface area (Å²) in [6.45, 7) is 4.65. The van der Waals surface area contributed by atoms with Crippen LogP contribution in [0.25, 0.3) is 0 Å². The van der Waals surface area contributed by atoms with Gasteiger partial charge in [-0.25, -0.2) is 9.78 Å². The molecule has 3 aliphatic rings. The molecule has 0 unspecified atom stereocenters. The maximum atomic E-state index is 13.6. The van der Waals surface area contributed by atoms with E-state index in [0.717, 1.165) is 35.1 Å². The minimum absolute atomic E-state index is 0.0277. The monoisotopic (exact) mass is 807 g/mol. The number of aromatic nitrogens is 1. The number of carbonyl (C=O) groups excluding carboxylic acids is 4. The molecule has 0 aliphatic carbocycles. The van der Waals surface area contributed by atoms with E-state index in [2.05, 4.69) is 20.6 Å². The number of carboxylic acids is 2. The number of phenolic OH excluding ortho intramolecular Hbond substituents is 2. The van der Waals surface area contributed by atoms with Gasteiger partial charge in [0.2, 0.25) is 11.5 Å². The number of likely N-dealkylation sites (tertiary alicyclic amines) is 1. The highest BCUT2D eigenvalue weighted by Crippen LogP contribution is 2.46. The van der Waals surface area contributed by atoms with Crippen molar-refractivity contribution in [1.82, 2.24) is 15.2 Å². The lowest BCUT2D eigenvalue weighted by Crippen LogP contribution is -2.64. The smallest absolute Gasteiger partial charge is 0.350 e. The van der Waals surface area contributed by atoms with Gasteiger partial charge in [-0.3, -0.25) is 19.3 Å². The van der Waals surface area contributed by atoms with Gasteiger partial charge < -0.3 is 50.4 Å². The number of nitrogens with zero attached hydrogens (tertiary/aromatic N) is 5. The van der Waals surface area contributed by atoms with Gasteiger partial charge in [0.25, 0.3) is 5.91 Å². The fourth-order valence-electron chi connectivity index (χ4n) is 6.46. The van der Waals surface area contributed by atoms with E-state index < -0.39 is 57.9 Å². The van der Waals surface area contributed by atoms with Crippen molar-refractivity contribution in [3.63, 3.8) is 0 Å². The third kappa shape index (κ3) is 8.25. The molecule has 2 aromatic rings. The predicted molar refractivity (Wildman–Crippen MR) is 194 cm³/mol. The second kappa shape index (κ2) is 16.2. The van der Waals surface area contributed by atoms with Crippen molar-refractivity contribution in [2.75, 3.05) is 51.3 Å². The number of fused-ring (bicyclic) bond motifs is 1. The van der Waals surface area contributed by atoms with Crippen molar-refractivity contribution in [2.45, 2.75) is 44.1 Å².